The van der Waals surface area contributed by atoms with Gasteiger partial charge in [0.05, 0.1) is 17.1 Å². The molecule has 0 spiro atoms. The molecule has 9 aromatic rings. The van der Waals surface area contributed by atoms with E-state index in [9.17, 15) is 0 Å². The summed E-state index contributed by atoms with van der Waals surface area (Å²) >= 11 is 0. The van der Waals surface area contributed by atoms with Crippen LogP contribution >= 0.6 is 0 Å². The average molecular weight is 587 g/mol. The first-order chi connectivity index (χ1) is 22.8. The number of para-hydroxylation sites is 3. The molecule has 0 aliphatic rings. The topological polar surface area (TPSA) is 6.48 Å². The lowest BCUT2D eigenvalue weighted by atomic mass is 9.93. The van der Waals surface area contributed by atoms with E-state index in [1.54, 1.807) is 0 Å². The van der Waals surface area contributed by atoms with Crippen LogP contribution in [0.3, 0.4) is 0 Å². The third-order valence-corrected chi connectivity index (χ3v) is 9.15. The number of rotatable bonds is 6. The van der Waals surface area contributed by atoms with Crippen LogP contribution in [0.4, 0.5) is 34.1 Å². The van der Waals surface area contributed by atoms with Gasteiger partial charge in [-0.25, -0.2) is 0 Å². The minimum absolute atomic E-state index is 1.12. The first-order valence-electron chi connectivity index (χ1n) is 15.8. The highest BCUT2D eigenvalue weighted by molar-refractivity contribution is 6.26. The molecule has 46 heavy (non-hydrogen) atoms. The molecule has 0 saturated carbocycles. The summed E-state index contributed by atoms with van der Waals surface area (Å²) in [7, 11) is 0. The van der Waals surface area contributed by atoms with Crippen molar-refractivity contribution in [3.8, 4) is 0 Å². The Morgan fingerprint density at radius 1 is 0.239 bits per heavy atom. The normalized spacial score (nSPS) is 11.5. The fraction of sp³-hybridized carbons (Fsp3) is 0. The minimum atomic E-state index is 1.12. The quantitative estimate of drug-likeness (QED) is 0.179. The zero-order valence-electron chi connectivity index (χ0n) is 25.2. The molecular formula is C44H30N2. The van der Waals surface area contributed by atoms with Crippen LogP contribution in [0.25, 0.3) is 43.1 Å². The van der Waals surface area contributed by atoms with Gasteiger partial charge in [0, 0.05) is 33.2 Å². The van der Waals surface area contributed by atoms with E-state index in [1.165, 1.54) is 43.1 Å². The Balaban J connectivity index is 1.32. The maximum atomic E-state index is 2.44. The minimum Gasteiger partial charge on any atom is -0.310 e. The van der Waals surface area contributed by atoms with Crippen molar-refractivity contribution in [2.24, 2.45) is 0 Å². The summed E-state index contributed by atoms with van der Waals surface area (Å²) in [6.45, 7) is 0. The van der Waals surface area contributed by atoms with Gasteiger partial charge in [0.2, 0.25) is 0 Å². The number of nitrogens with zero attached hydrogens (tertiary/aromatic N) is 2. The molecule has 2 heteroatoms. The maximum absolute atomic E-state index is 2.44. The molecule has 2 nitrogen and oxygen atoms in total. The van der Waals surface area contributed by atoms with Gasteiger partial charge in [-0.2, -0.15) is 0 Å². The standard InChI is InChI=1S/C44H30N2/c1-4-15-34(16-5-1)45(35-17-6-2-7-18-35)40-29-30-41(38-22-11-10-21-37(38)40)46(36-19-8-3-9-20-36)42-28-26-33-24-23-31-13-12-14-32-25-27-39(42)44(33)43(31)32/h1-30H. The van der Waals surface area contributed by atoms with Crippen molar-refractivity contribution in [2.75, 3.05) is 9.80 Å². The van der Waals surface area contributed by atoms with E-state index in [1.807, 2.05) is 0 Å². The fourth-order valence-electron chi connectivity index (χ4n) is 7.14. The molecule has 0 N–H and O–H groups in total. The zero-order chi connectivity index (χ0) is 30.5. The summed E-state index contributed by atoms with van der Waals surface area (Å²) in [5.41, 5.74) is 6.81. The Morgan fingerprint density at radius 2 is 0.630 bits per heavy atom. The SMILES string of the molecule is c1ccc(N(c2ccccc2)c2ccc(N(c3ccccc3)c3ccc4ccc5cccc6ccc3c4c56)c3ccccc23)cc1. The summed E-state index contributed by atoms with van der Waals surface area (Å²) in [5.74, 6) is 0. The molecule has 9 rings (SSSR count). The first kappa shape index (κ1) is 26.3. The highest BCUT2D eigenvalue weighted by Gasteiger charge is 2.22. The van der Waals surface area contributed by atoms with Gasteiger partial charge >= 0.3 is 0 Å². The molecule has 0 aromatic heterocycles. The summed E-state index contributed by atoms with van der Waals surface area (Å²) in [4.78, 5) is 4.79. The monoisotopic (exact) mass is 586 g/mol. The van der Waals surface area contributed by atoms with Crippen LogP contribution in [0, 0.1) is 0 Å². The van der Waals surface area contributed by atoms with Crippen LogP contribution in [-0.2, 0) is 0 Å². The Morgan fingerprint density at radius 3 is 1.20 bits per heavy atom. The average Bonchev–Trinajstić information content (AvgIpc) is 3.13. The van der Waals surface area contributed by atoms with Crippen LogP contribution in [0.1, 0.15) is 0 Å². The lowest BCUT2D eigenvalue weighted by Crippen LogP contribution is -2.13. The first-order valence-corrected chi connectivity index (χ1v) is 15.8. The Labute approximate surface area is 268 Å². The van der Waals surface area contributed by atoms with Gasteiger partial charge in [0.1, 0.15) is 0 Å². The van der Waals surface area contributed by atoms with E-state index in [0.29, 0.717) is 0 Å². The van der Waals surface area contributed by atoms with Gasteiger partial charge in [0.15, 0.2) is 0 Å². The number of anilines is 6. The van der Waals surface area contributed by atoms with Crippen molar-refractivity contribution in [2.45, 2.75) is 0 Å². The molecule has 0 unspecified atom stereocenters. The molecule has 216 valence electrons. The van der Waals surface area contributed by atoms with Gasteiger partial charge < -0.3 is 9.80 Å². The second-order valence-corrected chi connectivity index (χ2v) is 11.8. The van der Waals surface area contributed by atoms with E-state index in [2.05, 4.69) is 192 Å². The molecular weight excluding hydrogens is 556 g/mol. The summed E-state index contributed by atoms with van der Waals surface area (Å²) < 4.78 is 0. The van der Waals surface area contributed by atoms with Crippen LogP contribution in [0.5, 0.6) is 0 Å². The fourth-order valence-corrected chi connectivity index (χ4v) is 7.14. The van der Waals surface area contributed by atoms with Crippen molar-refractivity contribution >= 4 is 77.2 Å². The summed E-state index contributed by atoms with van der Waals surface area (Å²) in [5, 5.41) is 10.1. The van der Waals surface area contributed by atoms with E-state index in [0.717, 1.165) is 34.1 Å². The van der Waals surface area contributed by atoms with Crippen molar-refractivity contribution in [1.29, 1.82) is 0 Å². The molecule has 0 heterocycles. The molecule has 0 atom stereocenters. The lowest BCUT2D eigenvalue weighted by Gasteiger charge is -2.31. The van der Waals surface area contributed by atoms with Crippen molar-refractivity contribution in [3.63, 3.8) is 0 Å². The Kier molecular flexibility index (Phi) is 6.17. The van der Waals surface area contributed by atoms with Crippen LogP contribution in [0.15, 0.2) is 182 Å². The number of hydrogen-bond donors (Lipinski definition) is 0. The lowest BCUT2D eigenvalue weighted by molar-refractivity contribution is 1.28. The Hall–Kier alpha value is -6.12. The predicted octanol–water partition coefficient (Wildman–Crippen LogP) is 12.7. The molecule has 0 amide bonds. The highest BCUT2D eigenvalue weighted by Crippen LogP contribution is 2.48. The van der Waals surface area contributed by atoms with Gasteiger partial charge in [-0.05, 0) is 81.5 Å². The number of hydrogen-bond acceptors (Lipinski definition) is 2. The van der Waals surface area contributed by atoms with E-state index < -0.39 is 0 Å². The third-order valence-electron chi connectivity index (χ3n) is 9.15. The molecule has 0 aliphatic heterocycles. The molecule has 0 fully saturated rings. The van der Waals surface area contributed by atoms with Gasteiger partial charge in [-0.1, -0.05) is 127 Å². The van der Waals surface area contributed by atoms with Gasteiger partial charge in [-0.15, -0.1) is 0 Å². The maximum Gasteiger partial charge on any atom is 0.0541 e. The second-order valence-electron chi connectivity index (χ2n) is 11.8. The van der Waals surface area contributed by atoms with Crippen molar-refractivity contribution in [3.05, 3.63) is 182 Å². The summed E-state index contributed by atoms with van der Waals surface area (Å²) in [6.07, 6.45) is 0. The van der Waals surface area contributed by atoms with Crippen molar-refractivity contribution in [1.82, 2.24) is 0 Å². The van der Waals surface area contributed by atoms with Crippen LogP contribution < -0.4 is 9.80 Å². The van der Waals surface area contributed by atoms with E-state index in [4.69, 9.17) is 0 Å². The van der Waals surface area contributed by atoms with Gasteiger partial charge in [-0.3, -0.25) is 0 Å². The van der Waals surface area contributed by atoms with E-state index in [-0.39, 0.29) is 0 Å². The van der Waals surface area contributed by atoms with Crippen molar-refractivity contribution < 1.29 is 0 Å². The molecule has 9 aromatic carbocycles. The smallest absolute Gasteiger partial charge is 0.0541 e. The molecule has 0 bridgehead atoms. The largest absolute Gasteiger partial charge is 0.310 e. The van der Waals surface area contributed by atoms with Crippen LogP contribution in [-0.4, -0.2) is 0 Å². The number of benzene rings is 9. The highest BCUT2D eigenvalue weighted by atomic mass is 15.2. The molecule has 0 saturated heterocycles. The zero-order valence-corrected chi connectivity index (χ0v) is 25.2. The second kappa shape index (κ2) is 10.8. The Bertz CT molecular complexity index is 2410. The van der Waals surface area contributed by atoms with E-state index >= 15 is 0 Å². The summed E-state index contributed by atoms with van der Waals surface area (Å²) in [6, 6.07) is 65.7. The third kappa shape index (κ3) is 4.19. The predicted molar refractivity (Wildman–Crippen MR) is 197 cm³/mol. The van der Waals surface area contributed by atoms with Gasteiger partial charge in [0.25, 0.3) is 0 Å². The number of fused-ring (bicyclic) bond motifs is 1. The molecule has 0 radical (unpaired) electrons. The molecule has 0 aliphatic carbocycles. The van der Waals surface area contributed by atoms with Crippen LogP contribution in [0.2, 0.25) is 0 Å².